The fourth-order valence-corrected chi connectivity index (χ4v) is 3.79. The summed E-state index contributed by atoms with van der Waals surface area (Å²) in [5, 5.41) is 8.96. The van der Waals surface area contributed by atoms with Crippen molar-refractivity contribution in [3.05, 3.63) is 59.8 Å². The highest BCUT2D eigenvalue weighted by Crippen LogP contribution is 2.56. The second kappa shape index (κ2) is 4.60. The van der Waals surface area contributed by atoms with Crippen molar-refractivity contribution in [3.8, 4) is 6.07 Å². The van der Waals surface area contributed by atoms with Crippen LogP contribution >= 0.6 is 0 Å². The standard InChI is InChI=1S/C18H17N3/c19-11-14-6-7-20-17(8-14)21-12-18(13-21)9-16(10-18)15-4-2-1-3-5-15/h1-8,16H,9-10,12-13H2. The monoisotopic (exact) mass is 275 g/mol. The van der Waals surface area contributed by atoms with Crippen molar-refractivity contribution in [1.82, 2.24) is 4.98 Å². The summed E-state index contributed by atoms with van der Waals surface area (Å²) in [6.45, 7) is 2.16. The van der Waals surface area contributed by atoms with Crippen molar-refractivity contribution in [2.75, 3.05) is 18.0 Å². The molecule has 0 amide bonds. The molecule has 1 saturated carbocycles. The molecule has 0 radical (unpaired) electrons. The fourth-order valence-electron chi connectivity index (χ4n) is 3.79. The largest absolute Gasteiger partial charge is 0.355 e. The Morgan fingerprint density at radius 2 is 1.90 bits per heavy atom. The van der Waals surface area contributed by atoms with Gasteiger partial charge in [-0.25, -0.2) is 4.98 Å². The van der Waals surface area contributed by atoms with E-state index in [-0.39, 0.29) is 0 Å². The van der Waals surface area contributed by atoms with Gasteiger partial charge in [-0.1, -0.05) is 30.3 Å². The number of hydrogen-bond acceptors (Lipinski definition) is 3. The van der Waals surface area contributed by atoms with E-state index in [1.165, 1.54) is 18.4 Å². The zero-order chi connectivity index (χ0) is 14.3. The lowest BCUT2D eigenvalue weighted by Gasteiger charge is -2.59. The number of benzene rings is 1. The normalized spacial score (nSPS) is 19.7. The molecule has 2 aromatic rings. The summed E-state index contributed by atoms with van der Waals surface area (Å²) in [4.78, 5) is 6.68. The number of hydrogen-bond donors (Lipinski definition) is 0. The lowest BCUT2D eigenvalue weighted by atomic mass is 9.56. The molecule has 2 heterocycles. The van der Waals surface area contributed by atoms with E-state index in [9.17, 15) is 0 Å². The Balaban J connectivity index is 1.39. The lowest BCUT2D eigenvalue weighted by Crippen LogP contribution is -2.62. The molecule has 1 saturated heterocycles. The molecule has 1 spiro atoms. The van der Waals surface area contributed by atoms with Gasteiger partial charge in [0, 0.05) is 24.7 Å². The average molecular weight is 275 g/mol. The summed E-state index contributed by atoms with van der Waals surface area (Å²) in [6.07, 6.45) is 4.29. The first-order valence-electron chi connectivity index (χ1n) is 7.44. The predicted molar refractivity (Wildman–Crippen MR) is 82.0 cm³/mol. The van der Waals surface area contributed by atoms with Crippen LogP contribution in [0.1, 0.15) is 29.9 Å². The predicted octanol–water partition coefficient (Wildman–Crippen LogP) is 3.34. The number of pyridine rings is 1. The highest BCUT2D eigenvalue weighted by atomic mass is 15.3. The number of nitrogens with zero attached hydrogens (tertiary/aromatic N) is 3. The van der Waals surface area contributed by atoms with Gasteiger partial charge in [0.05, 0.1) is 11.6 Å². The van der Waals surface area contributed by atoms with Gasteiger partial charge in [0.25, 0.3) is 0 Å². The molecule has 1 aromatic heterocycles. The van der Waals surface area contributed by atoms with Gasteiger partial charge in [0.1, 0.15) is 5.82 Å². The topological polar surface area (TPSA) is 39.9 Å². The van der Waals surface area contributed by atoms with Gasteiger partial charge in [-0.3, -0.25) is 0 Å². The summed E-state index contributed by atoms with van der Waals surface area (Å²) in [6, 6.07) is 16.7. The molecule has 2 aliphatic rings. The van der Waals surface area contributed by atoms with Crippen LogP contribution in [0.5, 0.6) is 0 Å². The van der Waals surface area contributed by atoms with E-state index in [0.29, 0.717) is 11.0 Å². The zero-order valence-electron chi connectivity index (χ0n) is 11.9. The third-order valence-electron chi connectivity index (χ3n) is 4.88. The fraction of sp³-hybridized carbons (Fsp3) is 0.333. The van der Waals surface area contributed by atoms with Gasteiger partial charge < -0.3 is 4.90 Å². The zero-order valence-corrected chi connectivity index (χ0v) is 11.9. The molecule has 1 aliphatic heterocycles. The number of rotatable bonds is 2. The Morgan fingerprint density at radius 1 is 1.14 bits per heavy atom. The van der Waals surface area contributed by atoms with Gasteiger partial charge in [-0.15, -0.1) is 0 Å². The highest BCUT2D eigenvalue weighted by molar-refractivity contribution is 5.49. The highest BCUT2D eigenvalue weighted by Gasteiger charge is 2.52. The summed E-state index contributed by atoms with van der Waals surface area (Å²) < 4.78 is 0. The second-order valence-electron chi connectivity index (χ2n) is 6.39. The molecule has 104 valence electrons. The second-order valence-corrected chi connectivity index (χ2v) is 6.39. The van der Waals surface area contributed by atoms with Crippen molar-refractivity contribution in [3.63, 3.8) is 0 Å². The summed E-state index contributed by atoms with van der Waals surface area (Å²) in [7, 11) is 0. The Bertz CT molecular complexity index is 688. The Labute approximate surface area is 124 Å². The maximum absolute atomic E-state index is 8.96. The maximum Gasteiger partial charge on any atom is 0.129 e. The minimum Gasteiger partial charge on any atom is -0.355 e. The molecule has 4 rings (SSSR count). The van der Waals surface area contributed by atoms with Gasteiger partial charge in [0.2, 0.25) is 0 Å². The maximum atomic E-state index is 8.96. The minimum absolute atomic E-state index is 0.491. The van der Waals surface area contributed by atoms with Crippen molar-refractivity contribution >= 4 is 5.82 Å². The molecule has 0 unspecified atom stereocenters. The van der Waals surface area contributed by atoms with Gasteiger partial charge in [0.15, 0.2) is 0 Å². The molecule has 1 aromatic carbocycles. The van der Waals surface area contributed by atoms with Crippen LogP contribution in [-0.2, 0) is 0 Å². The van der Waals surface area contributed by atoms with E-state index in [1.54, 1.807) is 12.3 Å². The molecule has 0 bridgehead atoms. The third kappa shape index (κ3) is 2.08. The van der Waals surface area contributed by atoms with Crippen LogP contribution < -0.4 is 4.90 Å². The van der Waals surface area contributed by atoms with Crippen molar-refractivity contribution in [2.24, 2.45) is 5.41 Å². The van der Waals surface area contributed by atoms with Crippen molar-refractivity contribution in [1.29, 1.82) is 5.26 Å². The van der Waals surface area contributed by atoms with Crippen molar-refractivity contribution < 1.29 is 0 Å². The summed E-state index contributed by atoms with van der Waals surface area (Å²) in [5.41, 5.74) is 2.66. The first-order valence-corrected chi connectivity index (χ1v) is 7.44. The number of nitriles is 1. The molecule has 21 heavy (non-hydrogen) atoms. The van der Waals surface area contributed by atoms with Crippen LogP contribution in [-0.4, -0.2) is 18.1 Å². The SMILES string of the molecule is N#Cc1ccnc(N2CC3(CC(c4ccccc4)C3)C2)c1. The molecular weight excluding hydrogens is 258 g/mol. The molecule has 3 heteroatoms. The van der Waals surface area contributed by atoms with E-state index in [0.717, 1.165) is 24.8 Å². The van der Waals surface area contributed by atoms with E-state index in [4.69, 9.17) is 5.26 Å². The van der Waals surface area contributed by atoms with Crippen molar-refractivity contribution in [2.45, 2.75) is 18.8 Å². The third-order valence-corrected chi connectivity index (χ3v) is 4.88. The van der Waals surface area contributed by atoms with Crippen LogP contribution in [0.2, 0.25) is 0 Å². The molecule has 1 aliphatic carbocycles. The number of aromatic nitrogens is 1. The quantitative estimate of drug-likeness (QED) is 0.844. The average Bonchev–Trinajstić information content (AvgIpc) is 2.46. The van der Waals surface area contributed by atoms with Crippen LogP contribution in [0.4, 0.5) is 5.82 Å². The van der Waals surface area contributed by atoms with Crippen LogP contribution in [0, 0.1) is 16.7 Å². The van der Waals surface area contributed by atoms with Crippen LogP contribution in [0.25, 0.3) is 0 Å². The first kappa shape index (κ1) is 12.4. The smallest absolute Gasteiger partial charge is 0.129 e. The van der Waals surface area contributed by atoms with Gasteiger partial charge in [-0.05, 0) is 36.5 Å². The van der Waals surface area contributed by atoms with Gasteiger partial charge in [-0.2, -0.15) is 5.26 Å². The Hall–Kier alpha value is -2.34. The Kier molecular flexibility index (Phi) is 2.71. The van der Waals surface area contributed by atoms with E-state index < -0.39 is 0 Å². The summed E-state index contributed by atoms with van der Waals surface area (Å²) >= 11 is 0. The minimum atomic E-state index is 0.491. The summed E-state index contributed by atoms with van der Waals surface area (Å²) in [5.74, 6) is 1.68. The van der Waals surface area contributed by atoms with Crippen LogP contribution in [0.15, 0.2) is 48.7 Å². The number of anilines is 1. The molecule has 0 N–H and O–H groups in total. The Morgan fingerprint density at radius 3 is 2.62 bits per heavy atom. The molecule has 0 atom stereocenters. The van der Waals surface area contributed by atoms with E-state index >= 15 is 0 Å². The lowest BCUT2D eigenvalue weighted by molar-refractivity contribution is 0.0627. The van der Waals surface area contributed by atoms with Gasteiger partial charge >= 0.3 is 0 Å². The molecule has 3 nitrogen and oxygen atoms in total. The molecule has 2 fully saturated rings. The van der Waals surface area contributed by atoms with E-state index in [1.807, 2.05) is 6.07 Å². The van der Waals surface area contributed by atoms with Crippen LogP contribution in [0.3, 0.4) is 0 Å². The first-order chi connectivity index (χ1) is 10.3. The van der Waals surface area contributed by atoms with E-state index in [2.05, 4.69) is 46.3 Å². The molecular formula is C18H17N3.